The Labute approximate surface area is 224 Å². The van der Waals surface area contributed by atoms with Gasteiger partial charge in [0.1, 0.15) is 23.1 Å². The molecule has 0 saturated carbocycles. The second-order valence-corrected chi connectivity index (χ2v) is 9.30. The van der Waals surface area contributed by atoms with Crippen LogP contribution in [0.4, 0.5) is 14.5 Å². The number of allylic oxidation sites excluding steroid dienone is 1. The molecule has 0 fully saturated rings. The third-order valence-corrected chi connectivity index (χ3v) is 6.13. The number of imidazole rings is 1. The SMILES string of the molecule is CN(C)C(=O)/C=C/CCCC(=O)Nc1cccn(Cc2nc3cc(F)ccc3n2Cc2ccc(F)cc2)c1=O. The molecule has 4 rings (SSSR count). The Morgan fingerprint density at radius 3 is 2.51 bits per heavy atom. The van der Waals surface area contributed by atoms with Crippen molar-refractivity contribution >= 4 is 28.5 Å². The van der Waals surface area contributed by atoms with Gasteiger partial charge in [-0.05, 0) is 60.9 Å². The van der Waals surface area contributed by atoms with E-state index >= 15 is 0 Å². The monoisotopic (exact) mass is 533 g/mol. The molecule has 202 valence electrons. The maximum absolute atomic E-state index is 13.9. The van der Waals surface area contributed by atoms with Crippen molar-refractivity contribution in [3.63, 3.8) is 0 Å². The molecule has 0 radical (unpaired) electrons. The molecule has 0 saturated heterocycles. The molecule has 0 spiro atoms. The lowest BCUT2D eigenvalue weighted by molar-refractivity contribution is -0.123. The van der Waals surface area contributed by atoms with Crippen molar-refractivity contribution in [1.82, 2.24) is 19.0 Å². The van der Waals surface area contributed by atoms with Gasteiger partial charge in [0, 0.05) is 39.3 Å². The molecule has 8 nitrogen and oxygen atoms in total. The molecule has 0 unspecified atom stereocenters. The van der Waals surface area contributed by atoms with E-state index in [4.69, 9.17) is 0 Å². The van der Waals surface area contributed by atoms with Crippen molar-refractivity contribution in [3.8, 4) is 0 Å². The number of nitrogens with one attached hydrogen (secondary N) is 1. The number of carbonyl (C=O) groups is 2. The van der Waals surface area contributed by atoms with Crippen LogP contribution in [0, 0.1) is 11.6 Å². The molecule has 2 aromatic carbocycles. The standard InChI is InChI=1S/C29H29F2N5O3/c1-34(2)28(38)9-5-3-4-8-27(37)33-23-7-6-16-35(29(23)39)19-26-32-24-17-22(31)14-15-25(24)36(26)18-20-10-12-21(30)13-11-20/h5-7,9-17H,3-4,8,18-19H2,1-2H3,(H,33,37)/b9-5+. The zero-order valence-electron chi connectivity index (χ0n) is 21.7. The molecule has 0 atom stereocenters. The molecule has 0 aliphatic heterocycles. The summed E-state index contributed by atoms with van der Waals surface area (Å²) in [5.41, 5.74) is 1.65. The molecule has 39 heavy (non-hydrogen) atoms. The quantitative estimate of drug-likeness (QED) is 0.243. The van der Waals surface area contributed by atoms with E-state index in [1.165, 1.54) is 45.9 Å². The highest BCUT2D eigenvalue weighted by Crippen LogP contribution is 2.20. The van der Waals surface area contributed by atoms with E-state index in [2.05, 4.69) is 10.3 Å². The van der Waals surface area contributed by atoms with Crippen LogP contribution < -0.4 is 10.9 Å². The van der Waals surface area contributed by atoms with Gasteiger partial charge in [-0.1, -0.05) is 18.2 Å². The minimum Gasteiger partial charge on any atom is -0.345 e. The van der Waals surface area contributed by atoms with Crippen LogP contribution in [0.5, 0.6) is 0 Å². The minimum atomic E-state index is -0.429. The second kappa shape index (κ2) is 12.3. The number of carbonyl (C=O) groups excluding carboxylic acids is 2. The van der Waals surface area contributed by atoms with E-state index in [9.17, 15) is 23.2 Å². The fourth-order valence-electron chi connectivity index (χ4n) is 4.06. The molecule has 4 aromatic rings. The Morgan fingerprint density at radius 2 is 1.77 bits per heavy atom. The maximum Gasteiger partial charge on any atom is 0.274 e. The summed E-state index contributed by atoms with van der Waals surface area (Å²) in [7, 11) is 3.32. The van der Waals surface area contributed by atoms with Crippen LogP contribution in [0.15, 0.2) is 77.7 Å². The van der Waals surface area contributed by atoms with E-state index in [1.807, 2.05) is 4.57 Å². The highest BCUT2D eigenvalue weighted by Gasteiger charge is 2.15. The molecular weight excluding hydrogens is 504 g/mol. The first-order chi connectivity index (χ1) is 18.7. The van der Waals surface area contributed by atoms with Crippen LogP contribution in [-0.4, -0.2) is 44.9 Å². The van der Waals surface area contributed by atoms with Crippen molar-refractivity contribution in [3.05, 3.63) is 106 Å². The van der Waals surface area contributed by atoms with Crippen LogP contribution in [-0.2, 0) is 22.7 Å². The van der Waals surface area contributed by atoms with E-state index < -0.39 is 11.4 Å². The number of fused-ring (bicyclic) bond motifs is 1. The number of unbranched alkanes of at least 4 members (excludes halogenated alkanes) is 1. The summed E-state index contributed by atoms with van der Waals surface area (Å²) in [6, 6.07) is 13.5. The Hall–Kier alpha value is -4.60. The van der Waals surface area contributed by atoms with Gasteiger partial charge in [-0.3, -0.25) is 14.4 Å². The largest absolute Gasteiger partial charge is 0.345 e. The fourth-order valence-corrected chi connectivity index (χ4v) is 4.06. The number of halogens is 2. The highest BCUT2D eigenvalue weighted by atomic mass is 19.1. The molecule has 0 bridgehead atoms. The summed E-state index contributed by atoms with van der Waals surface area (Å²) < 4.78 is 30.6. The number of benzene rings is 2. The normalized spacial score (nSPS) is 11.3. The smallest absolute Gasteiger partial charge is 0.274 e. The zero-order valence-corrected chi connectivity index (χ0v) is 21.7. The van der Waals surface area contributed by atoms with Gasteiger partial charge in [-0.2, -0.15) is 0 Å². The van der Waals surface area contributed by atoms with Crippen molar-refractivity contribution in [2.75, 3.05) is 19.4 Å². The number of amides is 2. The molecule has 2 aromatic heterocycles. The van der Waals surface area contributed by atoms with Gasteiger partial charge in [0.25, 0.3) is 5.56 Å². The van der Waals surface area contributed by atoms with E-state index in [0.29, 0.717) is 36.2 Å². The van der Waals surface area contributed by atoms with Crippen molar-refractivity contribution < 1.29 is 18.4 Å². The van der Waals surface area contributed by atoms with Gasteiger partial charge in [-0.25, -0.2) is 13.8 Å². The van der Waals surface area contributed by atoms with Crippen LogP contribution in [0.3, 0.4) is 0 Å². The van der Waals surface area contributed by atoms with Crippen LogP contribution in [0.25, 0.3) is 11.0 Å². The van der Waals surface area contributed by atoms with Gasteiger partial charge in [-0.15, -0.1) is 0 Å². The predicted molar refractivity (Wildman–Crippen MR) is 145 cm³/mol. The van der Waals surface area contributed by atoms with E-state index in [-0.39, 0.29) is 36.3 Å². The van der Waals surface area contributed by atoms with Gasteiger partial charge in [0.2, 0.25) is 11.8 Å². The lowest BCUT2D eigenvalue weighted by Gasteiger charge is -2.12. The second-order valence-electron chi connectivity index (χ2n) is 9.30. The minimum absolute atomic E-state index is 0.0741. The lowest BCUT2D eigenvalue weighted by Crippen LogP contribution is -2.26. The first kappa shape index (κ1) is 27.4. The summed E-state index contributed by atoms with van der Waals surface area (Å²) in [5.74, 6) is -0.707. The molecular formula is C29H29F2N5O3. The number of aromatic nitrogens is 3. The topological polar surface area (TPSA) is 89.2 Å². The fraction of sp³-hybridized carbons (Fsp3) is 0.241. The molecule has 0 aliphatic rings. The van der Waals surface area contributed by atoms with Gasteiger partial charge < -0.3 is 19.4 Å². The van der Waals surface area contributed by atoms with E-state index in [1.54, 1.807) is 50.6 Å². The molecule has 0 aliphatic carbocycles. The van der Waals surface area contributed by atoms with Crippen molar-refractivity contribution in [1.29, 1.82) is 0 Å². The number of rotatable bonds is 10. The number of pyridine rings is 1. The lowest BCUT2D eigenvalue weighted by atomic mass is 10.2. The van der Waals surface area contributed by atoms with E-state index in [0.717, 1.165) is 5.56 Å². The first-order valence-electron chi connectivity index (χ1n) is 12.5. The average Bonchev–Trinajstić information content (AvgIpc) is 3.22. The first-order valence-corrected chi connectivity index (χ1v) is 12.5. The summed E-state index contributed by atoms with van der Waals surface area (Å²) >= 11 is 0. The maximum atomic E-state index is 13.9. The summed E-state index contributed by atoms with van der Waals surface area (Å²) in [6.45, 7) is 0.419. The summed E-state index contributed by atoms with van der Waals surface area (Å²) in [6.07, 6.45) is 6.03. The van der Waals surface area contributed by atoms with Gasteiger partial charge >= 0.3 is 0 Å². The number of hydrogen-bond donors (Lipinski definition) is 1. The Balaban J connectivity index is 1.50. The molecule has 2 heterocycles. The zero-order chi connectivity index (χ0) is 27.9. The number of anilines is 1. The summed E-state index contributed by atoms with van der Waals surface area (Å²) in [4.78, 5) is 43.2. The van der Waals surface area contributed by atoms with Gasteiger partial charge in [0.05, 0.1) is 17.6 Å². The molecule has 1 N–H and O–H groups in total. The third kappa shape index (κ3) is 7.04. The highest BCUT2D eigenvalue weighted by molar-refractivity contribution is 5.90. The number of hydrogen-bond acceptors (Lipinski definition) is 4. The van der Waals surface area contributed by atoms with Crippen LogP contribution in [0.1, 0.15) is 30.7 Å². The van der Waals surface area contributed by atoms with Gasteiger partial charge in [0.15, 0.2) is 0 Å². The number of likely N-dealkylation sites (N-methyl/N-ethyl adjacent to an activating group) is 1. The van der Waals surface area contributed by atoms with Crippen molar-refractivity contribution in [2.24, 2.45) is 0 Å². The molecule has 10 heteroatoms. The predicted octanol–water partition coefficient (Wildman–Crippen LogP) is 4.33. The Morgan fingerprint density at radius 1 is 1.03 bits per heavy atom. The third-order valence-electron chi connectivity index (χ3n) is 6.13. The Kier molecular flexibility index (Phi) is 8.65. The summed E-state index contributed by atoms with van der Waals surface area (Å²) in [5, 5.41) is 2.66. The van der Waals surface area contributed by atoms with Crippen LogP contribution >= 0.6 is 0 Å². The Bertz CT molecular complexity index is 1570. The van der Waals surface area contributed by atoms with Crippen molar-refractivity contribution in [2.45, 2.75) is 32.4 Å². The molecule has 2 amide bonds. The average molecular weight is 534 g/mol. The van der Waals surface area contributed by atoms with Crippen LogP contribution in [0.2, 0.25) is 0 Å². The number of nitrogens with zero attached hydrogens (tertiary/aromatic N) is 4.